The molecule has 0 aliphatic heterocycles. The van der Waals surface area contributed by atoms with E-state index in [9.17, 15) is 9.90 Å². The van der Waals surface area contributed by atoms with Gasteiger partial charge in [-0.25, -0.2) is 4.98 Å². The number of H-pyrrole nitrogens is 1. The molecule has 2 N–H and O–H groups in total. The Kier molecular flexibility index (Phi) is 2.71. The summed E-state index contributed by atoms with van der Waals surface area (Å²) in [5, 5.41) is 9.77. The van der Waals surface area contributed by atoms with Crippen LogP contribution in [0.4, 0.5) is 0 Å². The van der Waals surface area contributed by atoms with Gasteiger partial charge in [0.15, 0.2) is 5.82 Å². The van der Waals surface area contributed by atoms with Crippen LogP contribution in [0.25, 0.3) is 11.5 Å². The van der Waals surface area contributed by atoms with Gasteiger partial charge in [0.05, 0.1) is 18.1 Å². The molecule has 0 aliphatic carbocycles. The molecule has 0 amide bonds. The van der Waals surface area contributed by atoms with E-state index in [1.165, 1.54) is 0 Å². The van der Waals surface area contributed by atoms with E-state index in [2.05, 4.69) is 15.0 Å². The highest BCUT2D eigenvalue weighted by Gasteiger charge is 2.15. The Balaban J connectivity index is 2.61. The monoisotopic (exact) mass is 234 g/mol. The van der Waals surface area contributed by atoms with Crippen LogP contribution in [0, 0.1) is 0 Å². The lowest BCUT2D eigenvalue weighted by Crippen LogP contribution is -2.16. The average Bonchev–Trinajstić information content (AvgIpc) is 2.62. The Bertz CT molecular complexity index is 598. The van der Waals surface area contributed by atoms with Gasteiger partial charge in [-0.15, -0.1) is 0 Å². The number of aromatic hydroxyl groups is 1. The lowest BCUT2D eigenvalue weighted by molar-refractivity contribution is 0.440. The van der Waals surface area contributed by atoms with Crippen molar-refractivity contribution < 1.29 is 5.11 Å². The second-order valence-corrected chi connectivity index (χ2v) is 4.20. The zero-order valence-electron chi connectivity index (χ0n) is 9.93. The van der Waals surface area contributed by atoms with E-state index < -0.39 is 0 Å². The predicted octanol–water partition coefficient (Wildman–Crippen LogP) is 0.999. The van der Waals surface area contributed by atoms with Crippen LogP contribution in [0.15, 0.2) is 17.3 Å². The summed E-state index contributed by atoms with van der Waals surface area (Å²) in [7, 11) is 1.79. The number of hydrogen-bond donors (Lipinski definition) is 2. The number of aromatic nitrogens is 4. The van der Waals surface area contributed by atoms with Crippen molar-refractivity contribution in [1.29, 1.82) is 0 Å². The molecule has 0 fully saturated rings. The number of nitrogens with zero attached hydrogens (tertiary/aromatic N) is 3. The zero-order chi connectivity index (χ0) is 12.6. The van der Waals surface area contributed by atoms with E-state index in [0.29, 0.717) is 17.1 Å². The van der Waals surface area contributed by atoms with Crippen LogP contribution in [0.3, 0.4) is 0 Å². The maximum Gasteiger partial charge on any atom is 0.258 e. The van der Waals surface area contributed by atoms with Gasteiger partial charge < -0.3 is 14.7 Å². The molecular formula is C11H14N4O2. The summed E-state index contributed by atoms with van der Waals surface area (Å²) in [4.78, 5) is 22.4. The molecule has 0 saturated heterocycles. The van der Waals surface area contributed by atoms with Gasteiger partial charge in [-0.3, -0.25) is 4.79 Å². The van der Waals surface area contributed by atoms with Crippen LogP contribution in [0.2, 0.25) is 0 Å². The molecule has 6 nitrogen and oxygen atoms in total. The third-order valence-corrected chi connectivity index (χ3v) is 2.57. The first-order chi connectivity index (χ1) is 8.00. The summed E-state index contributed by atoms with van der Waals surface area (Å²) in [6.07, 6.45) is 3.18. The van der Waals surface area contributed by atoms with E-state index in [0.717, 1.165) is 0 Å². The molecule has 0 atom stereocenters. The molecule has 90 valence electrons. The number of hydrogen-bond acceptors (Lipinski definition) is 4. The molecule has 0 aliphatic rings. The van der Waals surface area contributed by atoms with Gasteiger partial charge in [0.25, 0.3) is 5.56 Å². The predicted molar refractivity (Wildman–Crippen MR) is 62.8 cm³/mol. The largest absolute Gasteiger partial charge is 0.493 e. The van der Waals surface area contributed by atoms with Crippen LogP contribution < -0.4 is 5.56 Å². The first kappa shape index (κ1) is 11.4. The highest BCUT2D eigenvalue weighted by Crippen LogP contribution is 2.21. The molecular weight excluding hydrogens is 220 g/mol. The fourth-order valence-electron chi connectivity index (χ4n) is 1.70. The van der Waals surface area contributed by atoms with Crippen LogP contribution in [-0.4, -0.2) is 24.6 Å². The lowest BCUT2D eigenvalue weighted by atomic mass is 10.1. The van der Waals surface area contributed by atoms with Crippen molar-refractivity contribution in [3.63, 3.8) is 0 Å². The van der Waals surface area contributed by atoms with E-state index in [-0.39, 0.29) is 17.4 Å². The summed E-state index contributed by atoms with van der Waals surface area (Å²) in [5.74, 6) is 0.0173. The minimum Gasteiger partial charge on any atom is -0.493 e. The second-order valence-electron chi connectivity index (χ2n) is 4.20. The Morgan fingerprint density at radius 3 is 2.65 bits per heavy atom. The van der Waals surface area contributed by atoms with Crippen molar-refractivity contribution in [2.75, 3.05) is 0 Å². The highest BCUT2D eigenvalue weighted by molar-refractivity contribution is 5.49. The molecule has 0 saturated carbocycles. The van der Waals surface area contributed by atoms with Gasteiger partial charge >= 0.3 is 0 Å². The Morgan fingerprint density at radius 1 is 1.47 bits per heavy atom. The fraction of sp³-hybridized carbons (Fsp3) is 0.364. The molecule has 2 aromatic heterocycles. The summed E-state index contributed by atoms with van der Waals surface area (Å²) in [6.45, 7) is 3.66. The highest BCUT2D eigenvalue weighted by atomic mass is 16.3. The van der Waals surface area contributed by atoms with Crippen molar-refractivity contribution >= 4 is 0 Å². The summed E-state index contributed by atoms with van der Waals surface area (Å²) in [5.41, 5.74) is 0.632. The average molecular weight is 234 g/mol. The smallest absolute Gasteiger partial charge is 0.258 e. The molecule has 2 rings (SSSR count). The summed E-state index contributed by atoms with van der Waals surface area (Å²) < 4.78 is 1.72. The Morgan fingerprint density at radius 2 is 2.18 bits per heavy atom. The third-order valence-electron chi connectivity index (χ3n) is 2.57. The second kappa shape index (κ2) is 4.04. The number of nitrogens with one attached hydrogen (secondary N) is 1. The van der Waals surface area contributed by atoms with Gasteiger partial charge in [0, 0.05) is 7.05 Å². The van der Waals surface area contributed by atoms with Gasteiger partial charge in [-0.2, -0.15) is 4.98 Å². The lowest BCUT2D eigenvalue weighted by Gasteiger charge is -2.08. The Hall–Kier alpha value is -2.11. The van der Waals surface area contributed by atoms with Crippen molar-refractivity contribution in [2.24, 2.45) is 7.05 Å². The summed E-state index contributed by atoms with van der Waals surface area (Å²) >= 11 is 0. The Labute approximate surface area is 98.0 Å². The van der Waals surface area contributed by atoms with Crippen LogP contribution >= 0.6 is 0 Å². The molecule has 0 bridgehead atoms. The molecule has 0 unspecified atom stereocenters. The maximum absolute atomic E-state index is 11.8. The molecule has 17 heavy (non-hydrogen) atoms. The quantitative estimate of drug-likeness (QED) is 0.811. The van der Waals surface area contributed by atoms with Gasteiger partial charge in [-0.05, 0) is 5.92 Å². The standard InChI is InChI=1S/C11H14N4O2/c1-6(2)8-10(16)13-9(14-11(8)17)7-4-12-5-15(7)3/h4-6H,1-3H3,(H2,13,14,16,17). The third kappa shape index (κ3) is 1.93. The van der Waals surface area contributed by atoms with Gasteiger partial charge in [0.1, 0.15) is 5.69 Å². The molecule has 0 spiro atoms. The fourth-order valence-corrected chi connectivity index (χ4v) is 1.70. The van der Waals surface area contributed by atoms with E-state index >= 15 is 0 Å². The number of aryl methyl sites for hydroxylation is 1. The van der Waals surface area contributed by atoms with Crippen molar-refractivity contribution in [1.82, 2.24) is 19.5 Å². The minimum absolute atomic E-state index is 0.0770. The first-order valence-corrected chi connectivity index (χ1v) is 5.30. The summed E-state index contributed by atoms with van der Waals surface area (Å²) in [6, 6.07) is 0. The van der Waals surface area contributed by atoms with E-state index in [4.69, 9.17) is 0 Å². The first-order valence-electron chi connectivity index (χ1n) is 5.30. The maximum atomic E-state index is 11.8. The minimum atomic E-state index is -0.316. The van der Waals surface area contributed by atoms with Crippen molar-refractivity contribution in [2.45, 2.75) is 19.8 Å². The van der Waals surface area contributed by atoms with Crippen molar-refractivity contribution in [3.05, 3.63) is 28.4 Å². The molecule has 0 aromatic carbocycles. The van der Waals surface area contributed by atoms with Crippen molar-refractivity contribution in [3.8, 4) is 17.4 Å². The number of rotatable bonds is 2. The normalized spacial score (nSPS) is 11.1. The van der Waals surface area contributed by atoms with Gasteiger partial charge in [0.2, 0.25) is 5.88 Å². The topological polar surface area (TPSA) is 83.8 Å². The van der Waals surface area contributed by atoms with Gasteiger partial charge in [-0.1, -0.05) is 13.8 Å². The van der Waals surface area contributed by atoms with Crippen LogP contribution in [-0.2, 0) is 7.05 Å². The molecule has 2 aromatic rings. The zero-order valence-corrected chi connectivity index (χ0v) is 9.93. The van der Waals surface area contributed by atoms with Crippen LogP contribution in [0.1, 0.15) is 25.3 Å². The van der Waals surface area contributed by atoms with Crippen LogP contribution in [0.5, 0.6) is 5.88 Å². The number of imidazole rings is 1. The number of aromatic amines is 1. The SMILES string of the molecule is CC(C)c1c(O)nc(-c2cncn2C)[nH]c1=O. The molecule has 0 radical (unpaired) electrons. The van der Waals surface area contributed by atoms with E-state index in [1.54, 1.807) is 24.1 Å². The molecule has 6 heteroatoms. The molecule has 2 heterocycles. The van der Waals surface area contributed by atoms with E-state index in [1.807, 2.05) is 13.8 Å².